The predicted octanol–water partition coefficient (Wildman–Crippen LogP) is 5.32. The minimum atomic E-state index is -0.419. The fourth-order valence-corrected chi connectivity index (χ4v) is 3.79. The lowest BCUT2D eigenvalue weighted by molar-refractivity contribution is -0.123. The van der Waals surface area contributed by atoms with Crippen LogP contribution in [0.4, 0.5) is 0 Å². The molecule has 0 bridgehead atoms. The highest BCUT2D eigenvalue weighted by Crippen LogP contribution is 2.26. The summed E-state index contributed by atoms with van der Waals surface area (Å²) in [6, 6.07) is 24.4. The summed E-state index contributed by atoms with van der Waals surface area (Å²) >= 11 is 3.42. The maximum atomic E-state index is 13.1. The molecule has 2 N–H and O–H groups in total. The van der Waals surface area contributed by atoms with Gasteiger partial charge in [-0.2, -0.15) is 0 Å². The van der Waals surface area contributed by atoms with Gasteiger partial charge in [0, 0.05) is 11.4 Å². The zero-order chi connectivity index (χ0) is 22.9. The Morgan fingerprint density at radius 1 is 0.844 bits per heavy atom. The molecule has 0 fully saturated rings. The highest BCUT2D eigenvalue weighted by atomic mass is 79.9. The standard InChI is InChI=1S/C26H27BrN2O3/c1-3-32-23-15-11-21(12-16-23)26(20-7-5-4-6-8-20)29-25(31)17-24(28-18(2)30)19-9-13-22(27)14-10-19/h4-16,24,26H,3,17H2,1-2H3,(H,28,30)(H,29,31). The second-order valence-corrected chi connectivity index (χ2v) is 8.34. The average Bonchev–Trinajstić information content (AvgIpc) is 2.79. The summed E-state index contributed by atoms with van der Waals surface area (Å²) in [6.45, 7) is 3.99. The summed E-state index contributed by atoms with van der Waals surface area (Å²) in [5.41, 5.74) is 2.80. The Hall–Kier alpha value is -3.12. The number of amides is 2. The fraction of sp³-hybridized carbons (Fsp3) is 0.231. The van der Waals surface area contributed by atoms with Crippen molar-refractivity contribution in [3.63, 3.8) is 0 Å². The van der Waals surface area contributed by atoms with E-state index >= 15 is 0 Å². The number of hydrogen-bond acceptors (Lipinski definition) is 3. The highest BCUT2D eigenvalue weighted by Gasteiger charge is 2.21. The average molecular weight is 495 g/mol. The van der Waals surface area contributed by atoms with Gasteiger partial charge >= 0.3 is 0 Å². The van der Waals surface area contributed by atoms with E-state index in [1.807, 2.05) is 85.8 Å². The minimum absolute atomic E-state index is 0.127. The first-order valence-electron chi connectivity index (χ1n) is 10.6. The summed E-state index contributed by atoms with van der Waals surface area (Å²) in [4.78, 5) is 24.9. The molecule has 0 heterocycles. The molecule has 0 aliphatic rings. The maximum absolute atomic E-state index is 13.1. The van der Waals surface area contributed by atoms with Crippen LogP contribution in [0.3, 0.4) is 0 Å². The Morgan fingerprint density at radius 3 is 2.03 bits per heavy atom. The van der Waals surface area contributed by atoms with Gasteiger partial charge in [0.05, 0.1) is 25.1 Å². The summed E-state index contributed by atoms with van der Waals surface area (Å²) in [5.74, 6) is 0.446. The van der Waals surface area contributed by atoms with E-state index in [1.54, 1.807) is 0 Å². The van der Waals surface area contributed by atoms with Crippen LogP contribution < -0.4 is 15.4 Å². The van der Waals surface area contributed by atoms with Crippen molar-refractivity contribution < 1.29 is 14.3 Å². The molecule has 0 saturated carbocycles. The Balaban J connectivity index is 1.82. The molecule has 3 aromatic rings. The molecule has 2 atom stereocenters. The van der Waals surface area contributed by atoms with Crippen LogP contribution in [-0.4, -0.2) is 18.4 Å². The molecule has 0 radical (unpaired) electrons. The molecule has 5 nitrogen and oxygen atoms in total. The van der Waals surface area contributed by atoms with Gasteiger partial charge in [-0.15, -0.1) is 0 Å². The van der Waals surface area contributed by atoms with Gasteiger partial charge < -0.3 is 15.4 Å². The molecule has 3 aromatic carbocycles. The van der Waals surface area contributed by atoms with Gasteiger partial charge in [0.1, 0.15) is 5.75 Å². The van der Waals surface area contributed by atoms with E-state index in [-0.39, 0.29) is 24.3 Å². The Kier molecular flexibility index (Phi) is 8.45. The van der Waals surface area contributed by atoms with Crippen molar-refractivity contribution >= 4 is 27.7 Å². The predicted molar refractivity (Wildman–Crippen MR) is 129 cm³/mol. The number of benzene rings is 3. The third-order valence-electron chi connectivity index (χ3n) is 5.00. The van der Waals surface area contributed by atoms with Crippen LogP contribution in [0.25, 0.3) is 0 Å². The normalized spacial score (nSPS) is 12.5. The van der Waals surface area contributed by atoms with Crippen molar-refractivity contribution in [2.75, 3.05) is 6.61 Å². The third-order valence-corrected chi connectivity index (χ3v) is 5.53. The molecule has 0 aromatic heterocycles. The van der Waals surface area contributed by atoms with E-state index < -0.39 is 6.04 Å². The van der Waals surface area contributed by atoms with Crippen molar-refractivity contribution in [1.82, 2.24) is 10.6 Å². The summed E-state index contributed by atoms with van der Waals surface area (Å²) in [6.07, 6.45) is 0.127. The van der Waals surface area contributed by atoms with E-state index in [9.17, 15) is 9.59 Å². The van der Waals surface area contributed by atoms with Crippen molar-refractivity contribution in [2.24, 2.45) is 0 Å². The van der Waals surface area contributed by atoms with E-state index in [0.717, 1.165) is 26.9 Å². The molecular weight excluding hydrogens is 468 g/mol. The first-order valence-corrected chi connectivity index (χ1v) is 11.3. The smallest absolute Gasteiger partial charge is 0.223 e. The number of carbonyl (C=O) groups excluding carboxylic acids is 2. The SMILES string of the molecule is CCOc1ccc(C(NC(=O)CC(NC(C)=O)c2ccc(Br)cc2)c2ccccc2)cc1. The second-order valence-electron chi connectivity index (χ2n) is 7.42. The summed E-state index contributed by atoms with van der Waals surface area (Å²) < 4.78 is 6.48. The third kappa shape index (κ3) is 6.69. The Bertz CT molecular complexity index is 1020. The lowest BCUT2D eigenvalue weighted by Crippen LogP contribution is -2.34. The van der Waals surface area contributed by atoms with Gasteiger partial charge in [-0.1, -0.05) is 70.5 Å². The van der Waals surface area contributed by atoms with Gasteiger partial charge in [-0.25, -0.2) is 0 Å². The first kappa shape index (κ1) is 23.5. The molecule has 3 rings (SSSR count). The number of rotatable bonds is 9. The fourth-order valence-electron chi connectivity index (χ4n) is 3.53. The van der Waals surface area contributed by atoms with Crippen molar-refractivity contribution in [3.05, 3.63) is 100 Å². The van der Waals surface area contributed by atoms with Crippen molar-refractivity contribution in [1.29, 1.82) is 0 Å². The Morgan fingerprint density at radius 2 is 1.44 bits per heavy atom. The summed E-state index contributed by atoms with van der Waals surface area (Å²) in [5, 5.41) is 6.03. The maximum Gasteiger partial charge on any atom is 0.223 e. The van der Waals surface area contributed by atoms with Gasteiger partial charge in [0.25, 0.3) is 0 Å². The molecular formula is C26H27BrN2O3. The van der Waals surface area contributed by atoms with Gasteiger partial charge in [-0.05, 0) is 47.9 Å². The lowest BCUT2D eigenvalue weighted by atomic mass is 9.97. The van der Waals surface area contributed by atoms with Crippen LogP contribution in [0, 0.1) is 0 Å². The van der Waals surface area contributed by atoms with Gasteiger partial charge in [-0.3, -0.25) is 9.59 Å². The topological polar surface area (TPSA) is 67.4 Å². The largest absolute Gasteiger partial charge is 0.494 e. The number of ether oxygens (including phenoxy) is 1. The highest BCUT2D eigenvalue weighted by molar-refractivity contribution is 9.10. The van der Waals surface area contributed by atoms with E-state index in [1.165, 1.54) is 6.92 Å². The quantitative estimate of drug-likeness (QED) is 0.422. The molecule has 166 valence electrons. The minimum Gasteiger partial charge on any atom is -0.494 e. The molecule has 0 spiro atoms. The first-order chi connectivity index (χ1) is 15.5. The lowest BCUT2D eigenvalue weighted by Gasteiger charge is -2.23. The molecule has 2 amide bonds. The van der Waals surface area contributed by atoms with E-state index in [0.29, 0.717) is 6.61 Å². The molecule has 2 unspecified atom stereocenters. The zero-order valence-corrected chi connectivity index (χ0v) is 19.8. The van der Waals surface area contributed by atoms with Crippen LogP contribution in [0.15, 0.2) is 83.3 Å². The van der Waals surface area contributed by atoms with E-state index in [4.69, 9.17) is 4.74 Å². The number of carbonyl (C=O) groups is 2. The van der Waals surface area contributed by atoms with Crippen LogP contribution in [0.1, 0.15) is 49.0 Å². The van der Waals surface area contributed by atoms with Crippen LogP contribution >= 0.6 is 15.9 Å². The molecule has 6 heteroatoms. The molecule has 0 saturated heterocycles. The zero-order valence-electron chi connectivity index (χ0n) is 18.2. The number of hydrogen-bond donors (Lipinski definition) is 2. The molecule has 0 aliphatic carbocycles. The van der Waals surface area contributed by atoms with E-state index in [2.05, 4.69) is 26.6 Å². The van der Waals surface area contributed by atoms with Crippen molar-refractivity contribution in [2.45, 2.75) is 32.4 Å². The molecule has 0 aliphatic heterocycles. The van der Waals surface area contributed by atoms with Crippen LogP contribution in [0.5, 0.6) is 5.75 Å². The second kappa shape index (κ2) is 11.5. The van der Waals surface area contributed by atoms with Gasteiger partial charge in [0.15, 0.2) is 0 Å². The monoisotopic (exact) mass is 494 g/mol. The molecule has 32 heavy (non-hydrogen) atoms. The summed E-state index contributed by atoms with van der Waals surface area (Å²) in [7, 11) is 0. The number of halogens is 1. The Labute approximate surface area is 197 Å². The van der Waals surface area contributed by atoms with Crippen LogP contribution in [-0.2, 0) is 9.59 Å². The van der Waals surface area contributed by atoms with Crippen molar-refractivity contribution in [3.8, 4) is 5.75 Å². The number of nitrogens with one attached hydrogen (secondary N) is 2. The van der Waals surface area contributed by atoms with Gasteiger partial charge in [0.2, 0.25) is 11.8 Å². The van der Waals surface area contributed by atoms with Crippen LogP contribution in [0.2, 0.25) is 0 Å².